The number of hydrogen-bond donors (Lipinski definition) is 1. The van der Waals surface area contributed by atoms with Crippen LogP contribution in [0.5, 0.6) is 0 Å². The van der Waals surface area contributed by atoms with Gasteiger partial charge in [0.25, 0.3) is 5.91 Å². The number of nitrogens with zero attached hydrogens (tertiary/aromatic N) is 1. The van der Waals surface area contributed by atoms with E-state index < -0.39 is 23.4 Å². The standard InChI is InChI=1S/C11H18N2O4/c1-8(14)12-10(16)11(17-9(2)15)4-6-13(3)7-5-11/h4-7H2,1-3H3,(H,12,14,16). The zero-order chi connectivity index (χ0) is 13.1. The first-order chi connectivity index (χ1) is 7.85. The third-order valence-corrected chi connectivity index (χ3v) is 2.84. The van der Waals surface area contributed by atoms with Crippen molar-refractivity contribution in [3.05, 3.63) is 0 Å². The summed E-state index contributed by atoms with van der Waals surface area (Å²) in [6.45, 7) is 3.83. The van der Waals surface area contributed by atoms with E-state index in [4.69, 9.17) is 4.74 Å². The summed E-state index contributed by atoms with van der Waals surface area (Å²) >= 11 is 0. The van der Waals surface area contributed by atoms with Crippen LogP contribution in [0, 0.1) is 0 Å². The van der Waals surface area contributed by atoms with Crippen molar-refractivity contribution in [2.45, 2.75) is 32.3 Å². The molecular formula is C11H18N2O4. The molecule has 96 valence electrons. The van der Waals surface area contributed by atoms with Crippen LogP contribution in [0.3, 0.4) is 0 Å². The van der Waals surface area contributed by atoms with E-state index in [1.165, 1.54) is 13.8 Å². The van der Waals surface area contributed by atoms with E-state index in [2.05, 4.69) is 5.32 Å². The molecule has 6 heteroatoms. The first kappa shape index (κ1) is 13.6. The van der Waals surface area contributed by atoms with Crippen LogP contribution in [0.4, 0.5) is 0 Å². The van der Waals surface area contributed by atoms with Gasteiger partial charge in [0.2, 0.25) is 5.91 Å². The smallest absolute Gasteiger partial charge is 0.303 e. The molecule has 1 rings (SSSR count). The molecule has 0 atom stereocenters. The number of amides is 2. The Hall–Kier alpha value is -1.43. The highest BCUT2D eigenvalue weighted by Gasteiger charge is 2.44. The summed E-state index contributed by atoms with van der Waals surface area (Å²) in [4.78, 5) is 36.0. The lowest BCUT2D eigenvalue weighted by Gasteiger charge is -2.38. The van der Waals surface area contributed by atoms with E-state index in [0.717, 1.165) is 0 Å². The summed E-state index contributed by atoms with van der Waals surface area (Å²) in [5.74, 6) is -1.47. The van der Waals surface area contributed by atoms with Gasteiger partial charge in [-0.05, 0) is 7.05 Å². The van der Waals surface area contributed by atoms with Crippen molar-refractivity contribution in [3.63, 3.8) is 0 Å². The van der Waals surface area contributed by atoms with Gasteiger partial charge in [-0.2, -0.15) is 0 Å². The Bertz CT molecular complexity index is 332. The number of carbonyl (C=O) groups excluding carboxylic acids is 3. The second kappa shape index (κ2) is 5.27. The predicted octanol–water partition coefficient (Wildman–Crippen LogP) is -0.323. The molecule has 1 N–H and O–H groups in total. The van der Waals surface area contributed by atoms with Gasteiger partial charge in [0.15, 0.2) is 5.60 Å². The second-order valence-electron chi connectivity index (χ2n) is 4.40. The maximum atomic E-state index is 11.9. The Labute approximate surface area is 100 Å². The zero-order valence-electron chi connectivity index (χ0n) is 10.4. The van der Waals surface area contributed by atoms with Gasteiger partial charge in [0, 0.05) is 39.8 Å². The largest absolute Gasteiger partial charge is 0.449 e. The molecule has 0 bridgehead atoms. The Morgan fingerprint density at radius 3 is 2.12 bits per heavy atom. The third-order valence-electron chi connectivity index (χ3n) is 2.84. The average molecular weight is 242 g/mol. The fourth-order valence-electron chi connectivity index (χ4n) is 1.90. The van der Waals surface area contributed by atoms with Gasteiger partial charge < -0.3 is 9.64 Å². The first-order valence-electron chi connectivity index (χ1n) is 5.56. The molecular weight excluding hydrogens is 224 g/mol. The van der Waals surface area contributed by atoms with Gasteiger partial charge in [-0.1, -0.05) is 0 Å². The Morgan fingerprint density at radius 1 is 1.18 bits per heavy atom. The molecule has 0 aliphatic carbocycles. The van der Waals surface area contributed by atoms with Gasteiger partial charge in [0.05, 0.1) is 0 Å². The minimum atomic E-state index is -1.19. The van der Waals surface area contributed by atoms with Crippen LogP contribution in [-0.4, -0.2) is 48.4 Å². The predicted molar refractivity (Wildman–Crippen MR) is 60.1 cm³/mol. The number of esters is 1. The number of nitrogens with one attached hydrogen (secondary N) is 1. The normalized spacial score (nSPS) is 19.5. The number of piperidine rings is 1. The van der Waals surface area contributed by atoms with E-state index in [-0.39, 0.29) is 0 Å². The lowest BCUT2D eigenvalue weighted by atomic mass is 9.90. The fraction of sp³-hybridized carbons (Fsp3) is 0.727. The molecule has 0 unspecified atom stereocenters. The Morgan fingerprint density at radius 2 is 1.71 bits per heavy atom. The second-order valence-corrected chi connectivity index (χ2v) is 4.40. The van der Waals surface area contributed by atoms with Crippen molar-refractivity contribution >= 4 is 17.8 Å². The molecule has 2 amide bonds. The summed E-state index contributed by atoms with van der Waals surface area (Å²) in [6.07, 6.45) is 0.810. The summed E-state index contributed by atoms with van der Waals surface area (Å²) in [5, 5.41) is 2.20. The maximum Gasteiger partial charge on any atom is 0.303 e. The molecule has 0 aromatic rings. The lowest BCUT2D eigenvalue weighted by molar-refractivity contribution is -0.172. The highest BCUT2D eigenvalue weighted by molar-refractivity contribution is 5.99. The van der Waals surface area contributed by atoms with E-state index in [1.807, 2.05) is 11.9 Å². The molecule has 0 aromatic heterocycles. The summed E-state index contributed by atoms with van der Waals surface area (Å²) < 4.78 is 5.16. The van der Waals surface area contributed by atoms with Gasteiger partial charge in [-0.25, -0.2) is 0 Å². The number of likely N-dealkylation sites (tertiary alicyclic amines) is 1. The molecule has 1 fully saturated rings. The Balaban J connectivity index is 2.82. The monoisotopic (exact) mass is 242 g/mol. The summed E-state index contributed by atoms with van der Waals surface area (Å²) in [6, 6.07) is 0. The van der Waals surface area contributed by atoms with E-state index in [9.17, 15) is 14.4 Å². The molecule has 0 spiro atoms. The third kappa shape index (κ3) is 3.52. The van der Waals surface area contributed by atoms with Crippen molar-refractivity contribution < 1.29 is 19.1 Å². The van der Waals surface area contributed by atoms with Crippen LogP contribution in [-0.2, 0) is 19.1 Å². The number of imide groups is 1. The van der Waals surface area contributed by atoms with Crippen molar-refractivity contribution in [1.29, 1.82) is 0 Å². The highest BCUT2D eigenvalue weighted by atomic mass is 16.6. The van der Waals surface area contributed by atoms with Gasteiger partial charge in [0.1, 0.15) is 0 Å². The molecule has 1 heterocycles. The average Bonchev–Trinajstić information content (AvgIpc) is 2.20. The van der Waals surface area contributed by atoms with Gasteiger partial charge in [-0.15, -0.1) is 0 Å². The Kier molecular flexibility index (Phi) is 4.22. The van der Waals surface area contributed by atoms with E-state index >= 15 is 0 Å². The lowest BCUT2D eigenvalue weighted by Crippen LogP contribution is -2.56. The van der Waals surface area contributed by atoms with Crippen LogP contribution in [0.1, 0.15) is 26.7 Å². The van der Waals surface area contributed by atoms with E-state index in [0.29, 0.717) is 25.9 Å². The van der Waals surface area contributed by atoms with Crippen molar-refractivity contribution in [2.24, 2.45) is 0 Å². The van der Waals surface area contributed by atoms with Crippen molar-refractivity contribution in [3.8, 4) is 0 Å². The topological polar surface area (TPSA) is 75.7 Å². The van der Waals surface area contributed by atoms with Crippen LogP contribution in [0.15, 0.2) is 0 Å². The highest BCUT2D eigenvalue weighted by Crippen LogP contribution is 2.26. The quantitative estimate of drug-likeness (QED) is 0.671. The molecule has 0 aromatic carbocycles. The van der Waals surface area contributed by atoms with Gasteiger partial charge in [-0.3, -0.25) is 19.7 Å². The van der Waals surface area contributed by atoms with Crippen LogP contribution < -0.4 is 5.32 Å². The number of rotatable bonds is 2. The van der Waals surface area contributed by atoms with Crippen LogP contribution in [0.2, 0.25) is 0 Å². The fourth-order valence-corrected chi connectivity index (χ4v) is 1.90. The SMILES string of the molecule is CC(=O)NC(=O)C1(OC(C)=O)CCN(C)CC1. The number of hydrogen-bond acceptors (Lipinski definition) is 5. The molecule has 1 aliphatic heterocycles. The maximum absolute atomic E-state index is 11.9. The van der Waals surface area contributed by atoms with Crippen LogP contribution in [0.25, 0.3) is 0 Å². The molecule has 1 aliphatic rings. The van der Waals surface area contributed by atoms with Gasteiger partial charge >= 0.3 is 5.97 Å². The number of carbonyl (C=O) groups is 3. The molecule has 0 saturated carbocycles. The van der Waals surface area contributed by atoms with Crippen molar-refractivity contribution in [2.75, 3.05) is 20.1 Å². The molecule has 6 nitrogen and oxygen atoms in total. The minimum absolute atomic E-state index is 0.405. The molecule has 17 heavy (non-hydrogen) atoms. The van der Waals surface area contributed by atoms with Crippen molar-refractivity contribution in [1.82, 2.24) is 10.2 Å². The first-order valence-corrected chi connectivity index (χ1v) is 5.56. The molecule has 1 saturated heterocycles. The van der Waals surface area contributed by atoms with E-state index in [1.54, 1.807) is 0 Å². The minimum Gasteiger partial charge on any atom is -0.449 e. The summed E-state index contributed by atoms with van der Waals surface area (Å²) in [7, 11) is 1.93. The summed E-state index contributed by atoms with van der Waals surface area (Å²) in [5.41, 5.74) is -1.19. The number of ether oxygens (including phenoxy) is 1. The molecule has 0 radical (unpaired) electrons. The zero-order valence-corrected chi connectivity index (χ0v) is 10.4. The van der Waals surface area contributed by atoms with Crippen LogP contribution >= 0.6 is 0 Å².